The Morgan fingerprint density at radius 1 is 1.05 bits per heavy atom. The summed E-state index contributed by atoms with van der Waals surface area (Å²) in [4.78, 5) is 9.18. The van der Waals surface area contributed by atoms with Crippen molar-refractivity contribution in [1.82, 2.24) is 9.97 Å². The van der Waals surface area contributed by atoms with Gasteiger partial charge in [-0.15, -0.1) is 0 Å². The molecule has 0 bridgehead atoms. The molecule has 0 radical (unpaired) electrons. The minimum atomic E-state index is 0.625. The van der Waals surface area contributed by atoms with E-state index in [2.05, 4.69) is 4.98 Å². The molecule has 104 valence electrons. The monoisotopic (exact) mass is 277 g/mol. The smallest absolute Gasteiger partial charge is 0.140 e. The van der Waals surface area contributed by atoms with Crippen LogP contribution in [0.25, 0.3) is 0 Å². The van der Waals surface area contributed by atoms with Gasteiger partial charge in [0.1, 0.15) is 11.6 Å². The van der Waals surface area contributed by atoms with E-state index in [9.17, 15) is 0 Å². The summed E-state index contributed by atoms with van der Waals surface area (Å²) >= 11 is 2.02. The predicted molar refractivity (Wildman–Crippen MR) is 81.2 cm³/mol. The van der Waals surface area contributed by atoms with Crippen molar-refractivity contribution in [3.8, 4) is 0 Å². The molecule has 3 rings (SSSR count). The molecule has 19 heavy (non-hydrogen) atoms. The number of nitrogens with two attached hydrogens (primary N) is 1. The van der Waals surface area contributed by atoms with E-state index in [0.29, 0.717) is 11.7 Å². The molecule has 0 amide bonds. The molecule has 1 heterocycles. The van der Waals surface area contributed by atoms with Crippen molar-refractivity contribution in [1.29, 1.82) is 0 Å². The number of hydrogen-bond donors (Lipinski definition) is 1. The normalized spacial score (nSPS) is 21.3. The highest BCUT2D eigenvalue weighted by Gasteiger charge is 2.20. The van der Waals surface area contributed by atoms with Crippen LogP contribution in [0.2, 0.25) is 0 Å². The van der Waals surface area contributed by atoms with E-state index >= 15 is 0 Å². The standard InChI is InChI=1S/C15H23N3S/c16-14-9-13(11-5-1-2-6-11)17-15(18-14)10-19-12-7-3-4-8-12/h9,11-12H,1-8,10H2,(H2,16,17,18). The second-order valence-corrected chi connectivity index (χ2v) is 7.12. The fourth-order valence-electron chi connectivity index (χ4n) is 3.28. The molecular weight excluding hydrogens is 254 g/mol. The first kappa shape index (κ1) is 13.2. The van der Waals surface area contributed by atoms with E-state index in [1.807, 2.05) is 17.8 Å². The second kappa shape index (κ2) is 6.12. The van der Waals surface area contributed by atoms with Gasteiger partial charge in [-0.2, -0.15) is 11.8 Å². The van der Waals surface area contributed by atoms with Crippen molar-refractivity contribution < 1.29 is 0 Å². The van der Waals surface area contributed by atoms with Gasteiger partial charge in [-0.05, 0) is 25.7 Å². The molecular formula is C15H23N3S. The number of nitrogens with zero attached hydrogens (tertiary/aromatic N) is 2. The number of rotatable bonds is 4. The first-order valence-corrected chi connectivity index (χ1v) is 8.61. The molecule has 2 aliphatic carbocycles. The number of nitrogen functional groups attached to an aromatic ring is 1. The molecule has 1 aromatic heterocycles. The van der Waals surface area contributed by atoms with Gasteiger partial charge in [0.25, 0.3) is 0 Å². The lowest BCUT2D eigenvalue weighted by molar-refractivity contribution is 0.689. The molecule has 0 saturated heterocycles. The summed E-state index contributed by atoms with van der Waals surface area (Å²) < 4.78 is 0. The summed E-state index contributed by atoms with van der Waals surface area (Å²) in [5, 5.41) is 0.819. The van der Waals surface area contributed by atoms with E-state index in [0.717, 1.165) is 16.8 Å². The summed E-state index contributed by atoms with van der Waals surface area (Å²) in [7, 11) is 0. The van der Waals surface area contributed by atoms with Crippen LogP contribution in [0.5, 0.6) is 0 Å². The Bertz CT molecular complexity index is 423. The van der Waals surface area contributed by atoms with Crippen molar-refractivity contribution in [3.63, 3.8) is 0 Å². The highest BCUT2D eigenvalue weighted by molar-refractivity contribution is 7.99. The molecule has 3 nitrogen and oxygen atoms in total. The number of aromatic nitrogens is 2. The maximum atomic E-state index is 5.95. The third kappa shape index (κ3) is 3.41. The van der Waals surface area contributed by atoms with Crippen molar-refractivity contribution >= 4 is 17.6 Å². The van der Waals surface area contributed by atoms with Crippen LogP contribution in [0.4, 0.5) is 5.82 Å². The average Bonchev–Trinajstić information content (AvgIpc) is 3.09. The Balaban J connectivity index is 1.66. The molecule has 2 aliphatic rings. The predicted octanol–water partition coefficient (Wildman–Crippen LogP) is 3.89. The van der Waals surface area contributed by atoms with Crippen LogP contribution in [0.3, 0.4) is 0 Å². The van der Waals surface area contributed by atoms with Crippen LogP contribution in [-0.2, 0) is 5.75 Å². The molecule has 0 unspecified atom stereocenters. The van der Waals surface area contributed by atoms with Crippen molar-refractivity contribution in [2.45, 2.75) is 68.3 Å². The SMILES string of the molecule is Nc1cc(C2CCCC2)nc(CSC2CCCC2)n1. The van der Waals surface area contributed by atoms with Gasteiger partial charge in [0, 0.05) is 22.9 Å². The Labute approximate surface area is 119 Å². The van der Waals surface area contributed by atoms with Crippen LogP contribution in [0.1, 0.15) is 68.8 Å². The van der Waals surface area contributed by atoms with Crippen molar-refractivity contribution in [3.05, 3.63) is 17.6 Å². The average molecular weight is 277 g/mol. The first-order chi connectivity index (χ1) is 9.31. The maximum absolute atomic E-state index is 5.95. The van der Waals surface area contributed by atoms with Gasteiger partial charge >= 0.3 is 0 Å². The van der Waals surface area contributed by atoms with Crippen molar-refractivity contribution in [2.75, 3.05) is 5.73 Å². The topological polar surface area (TPSA) is 51.8 Å². The molecule has 2 N–H and O–H groups in total. The third-order valence-electron chi connectivity index (χ3n) is 4.34. The lowest BCUT2D eigenvalue weighted by Crippen LogP contribution is -2.06. The number of anilines is 1. The van der Waals surface area contributed by atoms with E-state index in [-0.39, 0.29) is 0 Å². The Morgan fingerprint density at radius 3 is 2.47 bits per heavy atom. The molecule has 0 aliphatic heterocycles. The molecule has 0 aromatic carbocycles. The van der Waals surface area contributed by atoms with E-state index in [1.165, 1.54) is 57.1 Å². The summed E-state index contributed by atoms with van der Waals surface area (Å²) in [5.41, 5.74) is 7.14. The van der Waals surface area contributed by atoms with E-state index in [1.54, 1.807) is 0 Å². The molecule has 0 spiro atoms. The molecule has 2 saturated carbocycles. The Hall–Kier alpha value is -0.770. The number of hydrogen-bond acceptors (Lipinski definition) is 4. The highest BCUT2D eigenvalue weighted by Crippen LogP contribution is 2.34. The van der Waals surface area contributed by atoms with Crippen LogP contribution in [-0.4, -0.2) is 15.2 Å². The van der Waals surface area contributed by atoms with Gasteiger partial charge in [0.2, 0.25) is 0 Å². The summed E-state index contributed by atoms with van der Waals surface area (Å²) in [6, 6.07) is 1.99. The van der Waals surface area contributed by atoms with Gasteiger partial charge in [0.15, 0.2) is 0 Å². The minimum Gasteiger partial charge on any atom is -0.384 e. The Kier molecular flexibility index (Phi) is 4.26. The largest absolute Gasteiger partial charge is 0.384 e. The summed E-state index contributed by atoms with van der Waals surface area (Å²) in [5.74, 6) is 3.15. The maximum Gasteiger partial charge on any atom is 0.140 e. The zero-order valence-electron chi connectivity index (χ0n) is 11.5. The lowest BCUT2D eigenvalue weighted by atomic mass is 10.0. The minimum absolute atomic E-state index is 0.625. The molecule has 4 heteroatoms. The Morgan fingerprint density at radius 2 is 1.74 bits per heavy atom. The quantitative estimate of drug-likeness (QED) is 0.907. The van der Waals surface area contributed by atoms with Gasteiger partial charge in [-0.25, -0.2) is 9.97 Å². The number of thioether (sulfide) groups is 1. The molecule has 0 atom stereocenters. The molecule has 1 aromatic rings. The van der Waals surface area contributed by atoms with Crippen LogP contribution in [0.15, 0.2) is 6.07 Å². The fourth-order valence-corrected chi connectivity index (χ4v) is 4.46. The third-order valence-corrected chi connectivity index (χ3v) is 5.70. The van der Waals surface area contributed by atoms with Crippen molar-refractivity contribution in [2.24, 2.45) is 0 Å². The zero-order chi connectivity index (χ0) is 13.1. The molecule has 2 fully saturated rings. The van der Waals surface area contributed by atoms with Gasteiger partial charge in [0.05, 0.1) is 5.75 Å². The summed E-state index contributed by atoms with van der Waals surface area (Å²) in [6.45, 7) is 0. The van der Waals surface area contributed by atoms with Gasteiger partial charge in [-0.1, -0.05) is 25.7 Å². The van der Waals surface area contributed by atoms with E-state index < -0.39 is 0 Å². The van der Waals surface area contributed by atoms with Crippen LogP contribution >= 0.6 is 11.8 Å². The lowest BCUT2D eigenvalue weighted by Gasteiger charge is -2.12. The zero-order valence-corrected chi connectivity index (χ0v) is 12.3. The van der Waals surface area contributed by atoms with Gasteiger partial charge < -0.3 is 5.73 Å². The second-order valence-electron chi connectivity index (χ2n) is 5.83. The van der Waals surface area contributed by atoms with Crippen LogP contribution < -0.4 is 5.73 Å². The van der Waals surface area contributed by atoms with Gasteiger partial charge in [-0.3, -0.25) is 0 Å². The van der Waals surface area contributed by atoms with Crippen LogP contribution in [0, 0.1) is 0 Å². The highest BCUT2D eigenvalue weighted by atomic mass is 32.2. The first-order valence-electron chi connectivity index (χ1n) is 7.56. The fraction of sp³-hybridized carbons (Fsp3) is 0.733. The van der Waals surface area contributed by atoms with E-state index in [4.69, 9.17) is 10.7 Å². The summed E-state index contributed by atoms with van der Waals surface area (Å²) in [6.07, 6.45) is 10.7.